The zero-order valence-corrected chi connectivity index (χ0v) is 13.3. The Kier molecular flexibility index (Phi) is 5.98. The van der Waals surface area contributed by atoms with E-state index in [2.05, 4.69) is 10.0 Å². The van der Waals surface area contributed by atoms with E-state index >= 15 is 0 Å². The maximum absolute atomic E-state index is 12.2. The van der Waals surface area contributed by atoms with Crippen LogP contribution in [0.15, 0.2) is 0 Å². The van der Waals surface area contributed by atoms with Crippen LogP contribution in [0.25, 0.3) is 0 Å². The molecule has 21 heavy (non-hydrogen) atoms. The highest BCUT2D eigenvalue weighted by Crippen LogP contribution is 2.13. The highest BCUT2D eigenvalue weighted by Gasteiger charge is 2.27. The van der Waals surface area contributed by atoms with Crippen molar-refractivity contribution < 1.29 is 17.9 Å². The first-order valence-electron chi connectivity index (χ1n) is 7.59. The van der Waals surface area contributed by atoms with Crippen LogP contribution in [0, 0.1) is 0 Å². The maximum atomic E-state index is 12.2. The van der Waals surface area contributed by atoms with Gasteiger partial charge >= 0.3 is 0 Å². The molecule has 2 fully saturated rings. The number of carbonyl (C=O) groups excluding carboxylic acids is 1. The molecule has 2 aliphatic heterocycles. The molecule has 2 N–H and O–H groups in total. The Morgan fingerprint density at radius 2 is 2.10 bits per heavy atom. The van der Waals surface area contributed by atoms with E-state index in [1.807, 2.05) is 4.90 Å². The van der Waals surface area contributed by atoms with Crippen molar-refractivity contribution in [3.63, 3.8) is 0 Å². The van der Waals surface area contributed by atoms with Crippen LogP contribution in [-0.2, 0) is 19.6 Å². The second-order valence-corrected chi connectivity index (χ2v) is 7.65. The standard InChI is InChI=1S/C13H25N3O4S/c1-2-21(18,19)15-11-3-6-16(7-4-11)13(17)9-12-10-20-8-5-14-12/h11-12,14-15H,2-10H2,1H3. The molecule has 0 radical (unpaired) electrons. The van der Waals surface area contributed by atoms with E-state index in [4.69, 9.17) is 4.74 Å². The number of piperidine rings is 1. The van der Waals surface area contributed by atoms with Gasteiger partial charge in [-0.2, -0.15) is 0 Å². The molecule has 0 aliphatic carbocycles. The van der Waals surface area contributed by atoms with E-state index < -0.39 is 10.0 Å². The summed E-state index contributed by atoms with van der Waals surface area (Å²) in [5, 5.41) is 3.27. The molecule has 0 aromatic carbocycles. The molecule has 1 amide bonds. The zero-order valence-electron chi connectivity index (χ0n) is 12.5. The molecule has 1 atom stereocenters. The van der Waals surface area contributed by atoms with Crippen LogP contribution < -0.4 is 10.0 Å². The molecule has 0 spiro atoms. The minimum absolute atomic E-state index is 0.0462. The highest BCUT2D eigenvalue weighted by molar-refractivity contribution is 7.89. The molecule has 8 heteroatoms. The molecule has 1 unspecified atom stereocenters. The molecule has 122 valence electrons. The van der Waals surface area contributed by atoms with Crippen molar-refractivity contribution in [2.45, 2.75) is 38.3 Å². The molecule has 0 saturated carbocycles. The number of sulfonamides is 1. The second-order valence-electron chi connectivity index (χ2n) is 5.61. The number of rotatable bonds is 5. The van der Waals surface area contributed by atoms with Crippen LogP contribution >= 0.6 is 0 Å². The number of morpholine rings is 1. The topological polar surface area (TPSA) is 87.7 Å². The van der Waals surface area contributed by atoms with Crippen LogP contribution in [0.4, 0.5) is 0 Å². The van der Waals surface area contributed by atoms with Gasteiger partial charge < -0.3 is 15.0 Å². The Hall–Kier alpha value is -0.700. The van der Waals surface area contributed by atoms with Crippen molar-refractivity contribution in [3.8, 4) is 0 Å². The number of carbonyl (C=O) groups is 1. The molecule has 2 rings (SSSR count). The fraction of sp³-hybridized carbons (Fsp3) is 0.923. The van der Waals surface area contributed by atoms with E-state index in [-0.39, 0.29) is 23.7 Å². The van der Waals surface area contributed by atoms with Gasteiger partial charge in [0.25, 0.3) is 0 Å². The number of ether oxygens (including phenoxy) is 1. The minimum atomic E-state index is -3.16. The predicted octanol–water partition coefficient (Wildman–Crippen LogP) is -0.705. The third kappa shape index (κ3) is 5.21. The summed E-state index contributed by atoms with van der Waals surface area (Å²) in [5.74, 6) is 0.217. The average molecular weight is 319 g/mol. The van der Waals surface area contributed by atoms with Gasteiger partial charge in [0, 0.05) is 38.1 Å². The molecule has 0 bridgehead atoms. The second kappa shape index (κ2) is 7.53. The van der Waals surface area contributed by atoms with Gasteiger partial charge in [-0.25, -0.2) is 13.1 Å². The highest BCUT2D eigenvalue weighted by atomic mass is 32.2. The Balaban J connectivity index is 1.74. The maximum Gasteiger partial charge on any atom is 0.224 e. The van der Waals surface area contributed by atoms with Gasteiger partial charge in [0.15, 0.2) is 0 Å². The van der Waals surface area contributed by atoms with Crippen molar-refractivity contribution >= 4 is 15.9 Å². The van der Waals surface area contributed by atoms with E-state index in [0.717, 1.165) is 6.54 Å². The van der Waals surface area contributed by atoms with Gasteiger partial charge in [0.1, 0.15) is 0 Å². The summed E-state index contributed by atoms with van der Waals surface area (Å²) in [5.41, 5.74) is 0. The van der Waals surface area contributed by atoms with E-state index in [1.54, 1.807) is 6.92 Å². The third-order valence-corrected chi connectivity index (χ3v) is 5.45. The predicted molar refractivity (Wildman–Crippen MR) is 79.4 cm³/mol. The van der Waals surface area contributed by atoms with Crippen LogP contribution in [0.1, 0.15) is 26.2 Å². The fourth-order valence-electron chi connectivity index (χ4n) is 2.67. The Bertz CT molecular complexity index is 440. The summed E-state index contributed by atoms with van der Waals surface area (Å²) in [6.45, 7) is 4.93. The Morgan fingerprint density at radius 1 is 1.38 bits per heavy atom. The van der Waals surface area contributed by atoms with Crippen LogP contribution in [0.5, 0.6) is 0 Å². The fourth-order valence-corrected chi connectivity index (χ4v) is 3.58. The van der Waals surface area contributed by atoms with Crippen molar-refractivity contribution in [3.05, 3.63) is 0 Å². The molecule has 2 saturated heterocycles. The number of nitrogens with zero attached hydrogens (tertiary/aromatic N) is 1. The van der Waals surface area contributed by atoms with E-state index in [9.17, 15) is 13.2 Å². The monoisotopic (exact) mass is 319 g/mol. The summed E-state index contributed by atoms with van der Waals surface area (Å²) in [7, 11) is -3.16. The molecule has 0 aromatic rings. The lowest BCUT2D eigenvalue weighted by Crippen LogP contribution is -2.49. The first-order valence-corrected chi connectivity index (χ1v) is 9.24. The van der Waals surface area contributed by atoms with Crippen molar-refractivity contribution in [1.29, 1.82) is 0 Å². The molecule has 2 heterocycles. The normalized spacial score (nSPS) is 25.0. The number of hydrogen-bond donors (Lipinski definition) is 2. The van der Waals surface area contributed by atoms with Gasteiger partial charge in [0.05, 0.1) is 19.0 Å². The molecule has 0 aromatic heterocycles. The van der Waals surface area contributed by atoms with Gasteiger partial charge in [0.2, 0.25) is 15.9 Å². The third-order valence-electron chi connectivity index (χ3n) is 3.99. The van der Waals surface area contributed by atoms with Gasteiger partial charge in [-0.3, -0.25) is 4.79 Å². The van der Waals surface area contributed by atoms with E-state index in [0.29, 0.717) is 45.6 Å². The minimum Gasteiger partial charge on any atom is -0.378 e. The quantitative estimate of drug-likeness (QED) is 0.699. The molecular formula is C13H25N3O4S. The van der Waals surface area contributed by atoms with Crippen LogP contribution in [0.2, 0.25) is 0 Å². The largest absolute Gasteiger partial charge is 0.378 e. The number of hydrogen-bond acceptors (Lipinski definition) is 5. The SMILES string of the molecule is CCS(=O)(=O)NC1CCN(C(=O)CC2COCCN2)CC1. The van der Waals surface area contributed by atoms with Crippen LogP contribution in [0.3, 0.4) is 0 Å². The summed E-state index contributed by atoms with van der Waals surface area (Å²) >= 11 is 0. The zero-order chi connectivity index (χ0) is 15.3. The lowest BCUT2D eigenvalue weighted by atomic mass is 10.0. The summed E-state index contributed by atoms with van der Waals surface area (Å²) in [6, 6.07) is 0.0534. The number of nitrogens with one attached hydrogen (secondary N) is 2. The number of likely N-dealkylation sites (tertiary alicyclic amines) is 1. The van der Waals surface area contributed by atoms with Gasteiger partial charge in [-0.05, 0) is 19.8 Å². The summed E-state index contributed by atoms with van der Waals surface area (Å²) in [6.07, 6.45) is 1.81. The summed E-state index contributed by atoms with van der Waals surface area (Å²) < 4.78 is 31.1. The van der Waals surface area contributed by atoms with Gasteiger partial charge in [-0.15, -0.1) is 0 Å². The lowest BCUT2D eigenvalue weighted by Gasteiger charge is -2.33. The van der Waals surface area contributed by atoms with Crippen molar-refractivity contribution in [2.75, 3.05) is 38.6 Å². The lowest BCUT2D eigenvalue weighted by molar-refractivity contribution is -0.133. The van der Waals surface area contributed by atoms with E-state index in [1.165, 1.54) is 0 Å². The van der Waals surface area contributed by atoms with Crippen LogP contribution in [-0.4, -0.2) is 69.9 Å². The average Bonchev–Trinajstić information content (AvgIpc) is 2.48. The first kappa shape index (κ1) is 16.7. The first-order chi connectivity index (χ1) is 10.00. The van der Waals surface area contributed by atoms with Crippen molar-refractivity contribution in [2.24, 2.45) is 0 Å². The molecule has 2 aliphatic rings. The molecule has 7 nitrogen and oxygen atoms in total. The number of amides is 1. The Morgan fingerprint density at radius 3 is 2.67 bits per heavy atom. The van der Waals surface area contributed by atoms with Crippen molar-refractivity contribution in [1.82, 2.24) is 14.9 Å². The summed E-state index contributed by atoms with van der Waals surface area (Å²) in [4.78, 5) is 14.0. The van der Waals surface area contributed by atoms with Gasteiger partial charge in [-0.1, -0.05) is 0 Å². The smallest absolute Gasteiger partial charge is 0.224 e. The molecular weight excluding hydrogens is 294 g/mol. The Labute approximate surface area is 126 Å².